The molecule has 0 spiro atoms. The second kappa shape index (κ2) is 7.32. The molecule has 0 amide bonds. The quantitative estimate of drug-likeness (QED) is 0.693. The second-order valence-corrected chi connectivity index (χ2v) is 5.68. The first-order valence-corrected chi connectivity index (χ1v) is 8.10. The Morgan fingerprint density at radius 2 is 1.92 bits per heavy atom. The van der Waals surface area contributed by atoms with E-state index >= 15 is 0 Å². The van der Waals surface area contributed by atoms with E-state index in [1.807, 2.05) is 54.6 Å². The van der Waals surface area contributed by atoms with Gasteiger partial charge in [-0.2, -0.15) is 0 Å². The Kier molecular flexibility index (Phi) is 4.96. The van der Waals surface area contributed by atoms with Crippen molar-refractivity contribution >= 4 is 34.2 Å². The Hall–Kier alpha value is -2.59. The summed E-state index contributed by atoms with van der Waals surface area (Å²) in [6.45, 7) is 2.22. The topological polar surface area (TPSA) is 51.2 Å². The number of nitrogens with zero attached hydrogens (tertiary/aromatic N) is 1. The van der Waals surface area contributed by atoms with E-state index in [9.17, 15) is 4.79 Å². The Morgan fingerprint density at radius 1 is 1.17 bits per heavy atom. The number of anilines is 1. The fourth-order valence-electron chi connectivity index (χ4n) is 2.47. The van der Waals surface area contributed by atoms with E-state index in [2.05, 4.69) is 10.3 Å². The summed E-state index contributed by atoms with van der Waals surface area (Å²) in [7, 11) is 0. The van der Waals surface area contributed by atoms with E-state index in [0.717, 1.165) is 22.0 Å². The molecule has 2 aromatic carbocycles. The summed E-state index contributed by atoms with van der Waals surface area (Å²) in [5.74, 6) is 0.353. The van der Waals surface area contributed by atoms with Crippen LogP contribution in [0.15, 0.2) is 54.6 Å². The van der Waals surface area contributed by atoms with Crippen LogP contribution in [0.4, 0.5) is 5.82 Å². The lowest BCUT2D eigenvalue weighted by Gasteiger charge is -2.11. The van der Waals surface area contributed by atoms with Crippen LogP contribution in [0.5, 0.6) is 0 Å². The summed E-state index contributed by atoms with van der Waals surface area (Å²) < 4.78 is 4.96. The molecule has 0 aliphatic carbocycles. The first-order valence-electron chi connectivity index (χ1n) is 7.72. The second-order valence-electron chi connectivity index (χ2n) is 5.24. The number of halogens is 1. The van der Waals surface area contributed by atoms with E-state index in [4.69, 9.17) is 16.3 Å². The largest absolute Gasteiger partial charge is 0.465 e. The predicted molar refractivity (Wildman–Crippen MR) is 97.3 cm³/mol. The molecule has 4 nitrogen and oxygen atoms in total. The Morgan fingerprint density at radius 3 is 2.67 bits per heavy atom. The lowest BCUT2D eigenvalue weighted by molar-refractivity contribution is -0.140. The van der Waals surface area contributed by atoms with Gasteiger partial charge in [0, 0.05) is 16.0 Å². The predicted octanol–water partition coefficient (Wildman–Crippen LogP) is 4.53. The molecule has 24 heavy (non-hydrogen) atoms. The lowest BCUT2D eigenvalue weighted by atomic mass is 10.1. The summed E-state index contributed by atoms with van der Waals surface area (Å²) in [6.07, 6.45) is 0. The SMILES string of the molecule is CCOC(=O)CNc1nc(-c2ccc(Cl)cc2)cc2ccccc12. The highest BCUT2D eigenvalue weighted by molar-refractivity contribution is 6.30. The first-order chi connectivity index (χ1) is 11.7. The van der Waals surface area contributed by atoms with Gasteiger partial charge < -0.3 is 10.1 Å². The molecule has 0 aliphatic heterocycles. The first kappa shape index (κ1) is 16.3. The maximum atomic E-state index is 11.6. The van der Waals surface area contributed by atoms with Crippen molar-refractivity contribution in [2.45, 2.75) is 6.92 Å². The van der Waals surface area contributed by atoms with Gasteiger partial charge in [0.2, 0.25) is 0 Å². The van der Waals surface area contributed by atoms with Crippen LogP contribution in [-0.4, -0.2) is 24.1 Å². The number of rotatable bonds is 5. The smallest absolute Gasteiger partial charge is 0.325 e. The molecular formula is C19H17ClN2O2. The van der Waals surface area contributed by atoms with Crippen molar-refractivity contribution in [1.82, 2.24) is 4.98 Å². The zero-order valence-electron chi connectivity index (χ0n) is 13.3. The van der Waals surface area contributed by atoms with Crippen LogP contribution < -0.4 is 5.32 Å². The van der Waals surface area contributed by atoms with Crippen molar-refractivity contribution in [2.24, 2.45) is 0 Å². The third-order valence-corrected chi connectivity index (χ3v) is 3.84. The molecule has 0 unspecified atom stereocenters. The maximum Gasteiger partial charge on any atom is 0.325 e. The normalized spacial score (nSPS) is 10.6. The molecule has 0 bridgehead atoms. The lowest BCUT2D eigenvalue weighted by Crippen LogP contribution is -2.17. The highest BCUT2D eigenvalue weighted by atomic mass is 35.5. The number of pyridine rings is 1. The zero-order chi connectivity index (χ0) is 16.9. The maximum absolute atomic E-state index is 11.6. The average Bonchev–Trinajstić information content (AvgIpc) is 2.60. The molecule has 0 fully saturated rings. The number of ether oxygens (including phenoxy) is 1. The van der Waals surface area contributed by atoms with E-state index < -0.39 is 0 Å². The number of esters is 1. The van der Waals surface area contributed by atoms with E-state index in [1.54, 1.807) is 6.92 Å². The van der Waals surface area contributed by atoms with E-state index in [-0.39, 0.29) is 12.5 Å². The number of carbonyl (C=O) groups excluding carboxylic acids is 1. The van der Waals surface area contributed by atoms with Crippen molar-refractivity contribution < 1.29 is 9.53 Å². The molecule has 3 aromatic rings. The number of nitrogens with one attached hydrogen (secondary N) is 1. The van der Waals surface area contributed by atoms with Gasteiger partial charge in [-0.3, -0.25) is 4.79 Å². The third kappa shape index (κ3) is 3.66. The average molecular weight is 341 g/mol. The molecule has 0 aliphatic rings. The number of carbonyl (C=O) groups is 1. The molecule has 3 rings (SSSR count). The zero-order valence-corrected chi connectivity index (χ0v) is 14.0. The molecule has 0 radical (unpaired) electrons. The van der Waals surface area contributed by atoms with E-state index in [0.29, 0.717) is 17.4 Å². The molecule has 1 aromatic heterocycles. The standard InChI is InChI=1S/C19H17ClN2O2/c1-2-24-18(23)12-21-19-16-6-4-3-5-14(16)11-17(22-19)13-7-9-15(20)10-8-13/h3-11H,2,12H2,1H3,(H,21,22). The fraction of sp³-hybridized carbons (Fsp3) is 0.158. The molecule has 1 N–H and O–H groups in total. The van der Waals surface area contributed by atoms with Crippen LogP contribution in [0, 0.1) is 0 Å². The Labute approximate surface area is 145 Å². The molecular weight excluding hydrogens is 324 g/mol. The minimum atomic E-state index is -0.305. The molecule has 5 heteroatoms. The summed E-state index contributed by atoms with van der Waals surface area (Å²) in [6, 6.07) is 17.5. The van der Waals surface area contributed by atoms with Gasteiger partial charge in [-0.15, -0.1) is 0 Å². The highest BCUT2D eigenvalue weighted by Gasteiger charge is 2.09. The summed E-state index contributed by atoms with van der Waals surface area (Å²) in [5, 5.41) is 5.77. The number of hydrogen-bond acceptors (Lipinski definition) is 4. The van der Waals surface area contributed by atoms with Gasteiger partial charge in [0.05, 0.1) is 12.3 Å². The fourth-order valence-corrected chi connectivity index (χ4v) is 2.60. The van der Waals surface area contributed by atoms with Gasteiger partial charge in [0.1, 0.15) is 12.4 Å². The summed E-state index contributed by atoms with van der Waals surface area (Å²) >= 11 is 5.96. The van der Waals surface area contributed by atoms with Crippen LogP contribution >= 0.6 is 11.6 Å². The number of fused-ring (bicyclic) bond motifs is 1. The van der Waals surface area contributed by atoms with Gasteiger partial charge in [-0.1, -0.05) is 48.0 Å². The number of hydrogen-bond donors (Lipinski definition) is 1. The van der Waals surface area contributed by atoms with Crippen LogP contribution in [0.2, 0.25) is 5.02 Å². The molecule has 122 valence electrons. The molecule has 0 atom stereocenters. The molecule has 1 heterocycles. The Bertz CT molecular complexity index is 863. The summed E-state index contributed by atoms with van der Waals surface area (Å²) in [5.41, 5.74) is 1.78. The Balaban J connectivity index is 1.99. The van der Waals surface area contributed by atoms with Gasteiger partial charge in [0.25, 0.3) is 0 Å². The minimum Gasteiger partial charge on any atom is -0.465 e. The number of aromatic nitrogens is 1. The number of benzene rings is 2. The van der Waals surface area contributed by atoms with Gasteiger partial charge in [-0.25, -0.2) is 4.98 Å². The van der Waals surface area contributed by atoms with E-state index in [1.165, 1.54) is 0 Å². The van der Waals surface area contributed by atoms with Crippen LogP contribution in [0.1, 0.15) is 6.92 Å². The highest BCUT2D eigenvalue weighted by Crippen LogP contribution is 2.28. The minimum absolute atomic E-state index is 0.0783. The third-order valence-electron chi connectivity index (χ3n) is 3.59. The van der Waals surface area contributed by atoms with Crippen LogP contribution in [-0.2, 0) is 9.53 Å². The van der Waals surface area contributed by atoms with Gasteiger partial charge in [-0.05, 0) is 30.5 Å². The monoisotopic (exact) mass is 340 g/mol. The van der Waals surface area contributed by atoms with Gasteiger partial charge in [0.15, 0.2) is 0 Å². The molecule has 0 saturated heterocycles. The van der Waals surface area contributed by atoms with Crippen LogP contribution in [0.3, 0.4) is 0 Å². The van der Waals surface area contributed by atoms with Crippen molar-refractivity contribution in [3.05, 3.63) is 59.6 Å². The van der Waals surface area contributed by atoms with Crippen molar-refractivity contribution in [3.8, 4) is 11.3 Å². The van der Waals surface area contributed by atoms with Crippen molar-refractivity contribution in [2.75, 3.05) is 18.5 Å². The van der Waals surface area contributed by atoms with Crippen molar-refractivity contribution in [3.63, 3.8) is 0 Å². The van der Waals surface area contributed by atoms with Crippen molar-refractivity contribution in [1.29, 1.82) is 0 Å². The summed E-state index contributed by atoms with van der Waals surface area (Å²) in [4.78, 5) is 16.3. The van der Waals surface area contributed by atoms with Crippen LogP contribution in [0.25, 0.3) is 22.0 Å². The molecule has 0 saturated carbocycles. The van der Waals surface area contributed by atoms with Gasteiger partial charge >= 0.3 is 5.97 Å².